The molecule has 1 aromatic rings. The maximum Gasteiger partial charge on any atom is 0.223 e. The summed E-state index contributed by atoms with van der Waals surface area (Å²) in [5.74, 6) is 3.75. The SMILES string of the molecule is Cc1nc(CNC2CC(C)CCC2C(C)C)no1. The van der Waals surface area contributed by atoms with Crippen molar-refractivity contribution in [2.75, 3.05) is 0 Å². The van der Waals surface area contributed by atoms with Crippen molar-refractivity contribution < 1.29 is 4.52 Å². The maximum atomic E-state index is 5.00. The second kappa shape index (κ2) is 5.83. The predicted molar refractivity (Wildman–Crippen MR) is 71.0 cm³/mol. The maximum absolute atomic E-state index is 5.00. The predicted octanol–water partition coefficient (Wildman–Crippen LogP) is 2.93. The molecule has 4 nitrogen and oxygen atoms in total. The number of hydrogen-bond donors (Lipinski definition) is 1. The molecular weight excluding hydrogens is 226 g/mol. The van der Waals surface area contributed by atoms with E-state index < -0.39 is 0 Å². The second-order valence-electron chi connectivity index (χ2n) is 6.04. The Labute approximate surface area is 110 Å². The van der Waals surface area contributed by atoms with Crippen molar-refractivity contribution in [1.29, 1.82) is 0 Å². The summed E-state index contributed by atoms with van der Waals surface area (Å²) in [5, 5.41) is 7.57. The molecule has 0 radical (unpaired) electrons. The van der Waals surface area contributed by atoms with Gasteiger partial charge in [-0.2, -0.15) is 4.98 Å². The first-order chi connectivity index (χ1) is 8.56. The zero-order valence-electron chi connectivity index (χ0n) is 11.9. The Morgan fingerprint density at radius 3 is 2.78 bits per heavy atom. The van der Waals surface area contributed by atoms with Gasteiger partial charge in [0.2, 0.25) is 5.89 Å². The van der Waals surface area contributed by atoms with Gasteiger partial charge >= 0.3 is 0 Å². The monoisotopic (exact) mass is 251 g/mol. The van der Waals surface area contributed by atoms with Crippen molar-refractivity contribution in [1.82, 2.24) is 15.5 Å². The molecule has 1 aliphatic carbocycles. The summed E-state index contributed by atoms with van der Waals surface area (Å²) < 4.78 is 5.00. The van der Waals surface area contributed by atoms with Crippen LogP contribution in [0.1, 0.15) is 51.7 Å². The highest BCUT2D eigenvalue weighted by molar-refractivity contribution is 4.89. The molecule has 0 aliphatic heterocycles. The largest absolute Gasteiger partial charge is 0.340 e. The average molecular weight is 251 g/mol. The summed E-state index contributed by atoms with van der Waals surface area (Å²) in [6.45, 7) is 9.55. The third-order valence-corrected chi connectivity index (χ3v) is 4.11. The van der Waals surface area contributed by atoms with E-state index in [1.807, 2.05) is 6.92 Å². The van der Waals surface area contributed by atoms with Crippen molar-refractivity contribution in [2.24, 2.45) is 17.8 Å². The van der Waals surface area contributed by atoms with Crippen molar-refractivity contribution >= 4 is 0 Å². The summed E-state index contributed by atoms with van der Waals surface area (Å²) in [4.78, 5) is 4.24. The van der Waals surface area contributed by atoms with Crippen LogP contribution >= 0.6 is 0 Å². The number of nitrogens with one attached hydrogen (secondary N) is 1. The van der Waals surface area contributed by atoms with E-state index in [1.165, 1.54) is 19.3 Å². The molecule has 1 heterocycles. The molecule has 1 N–H and O–H groups in total. The zero-order valence-corrected chi connectivity index (χ0v) is 11.9. The fourth-order valence-corrected chi connectivity index (χ4v) is 3.07. The van der Waals surface area contributed by atoms with Gasteiger partial charge in [-0.15, -0.1) is 0 Å². The third kappa shape index (κ3) is 3.31. The Hall–Kier alpha value is -0.900. The fourth-order valence-electron chi connectivity index (χ4n) is 3.07. The molecule has 4 heteroatoms. The van der Waals surface area contributed by atoms with Gasteiger partial charge in [0.05, 0.1) is 6.54 Å². The molecule has 102 valence electrons. The first-order valence-corrected chi connectivity index (χ1v) is 7.09. The van der Waals surface area contributed by atoms with Gasteiger partial charge in [0.1, 0.15) is 0 Å². The molecule has 0 spiro atoms. The van der Waals surface area contributed by atoms with Crippen LogP contribution < -0.4 is 5.32 Å². The van der Waals surface area contributed by atoms with Crippen LogP contribution in [0.4, 0.5) is 0 Å². The minimum absolute atomic E-state index is 0.590. The fraction of sp³-hybridized carbons (Fsp3) is 0.857. The molecule has 0 amide bonds. The first kappa shape index (κ1) is 13.5. The van der Waals surface area contributed by atoms with Gasteiger partial charge < -0.3 is 9.84 Å². The molecule has 1 saturated carbocycles. The standard InChI is InChI=1S/C14H25N3O/c1-9(2)12-6-5-10(3)7-13(12)15-8-14-16-11(4)18-17-14/h9-10,12-13,15H,5-8H2,1-4H3. The van der Waals surface area contributed by atoms with Crippen molar-refractivity contribution in [3.63, 3.8) is 0 Å². The smallest absolute Gasteiger partial charge is 0.223 e. The highest BCUT2D eigenvalue weighted by Crippen LogP contribution is 2.33. The molecule has 1 aliphatic rings. The summed E-state index contributed by atoms with van der Waals surface area (Å²) >= 11 is 0. The number of aryl methyl sites for hydroxylation is 1. The Morgan fingerprint density at radius 1 is 1.39 bits per heavy atom. The van der Waals surface area contributed by atoms with E-state index in [0.29, 0.717) is 11.9 Å². The van der Waals surface area contributed by atoms with E-state index >= 15 is 0 Å². The van der Waals surface area contributed by atoms with E-state index in [-0.39, 0.29) is 0 Å². The molecule has 0 saturated heterocycles. The van der Waals surface area contributed by atoms with Gasteiger partial charge in [-0.05, 0) is 30.6 Å². The molecule has 2 rings (SSSR count). The second-order valence-corrected chi connectivity index (χ2v) is 6.04. The summed E-state index contributed by atoms with van der Waals surface area (Å²) in [6, 6.07) is 0.590. The van der Waals surface area contributed by atoms with Crippen LogP contribution in [-0.2, 0) is 6.54 Å². The molecule has 3 atom stereocenters. The lowest BCUT2D eigenvalue weighted by atomic mass is 9.74. The van der Waals surface area contributed by atoms with Crippen LogP contribution in [0.2, 0.25) is 0 Å². The van der Waals surface area contributed by atoms with Gasteiger partial charge in [-0.1, -0.05) is 32.3 Å². The quantitative estimate of drug-likeness (QED) is 0.894. The van der Waals surface area contributed by atoms with Crippen molar-refractivity contribution in [2.45, 2.75) is 59.5 Å². The number of aromatic nitrogens is 2. The Balaban J connectivity index is 1.92. The zero-order chi connectivity index (χ0) is 13.1. The molecule has 1 aromatic heterocycles. The first-order valence-electron chi connectivity index (χ1n) is 7.09. The number of rotatable bonds is 4. The lowest BCUT2D eigenvalue weighted by molar-refractivity contribution is 0.168. The van der Waals surface area contributed by atoms with E-state index in [1.54, 1.807) is 0 Å². The third-order valence-electron chi connectivity index (χ3n) is 4.11. The van der Waals surface area contributed by atoms with E-state index in [2.05, 4.69) is 36.2 Å². The normalized spacial score (nSPS) is 28.8. The van der Waals surface area contributed by atoms with Crippen LogP contribution in [0.25, 0.3) is 0 Å². The Kier molecular flexibility index (Phi) is 4.38. The van der Waals surface area contributed by atoms with Crippen LogP contribution in [0.5, 0.6) is 0 Å². The van der Waals surface area contributed by atoms with Crippen LogP contribution in [0.15, 0.2) is 4.52 Å². The minimum Gasteiger partial charge on any atom is -0.340 e. The van der Waals surface area contributed by atoms with Gasteiger partial charge in [-0.25, -0.2) is 0 Å². The summed E-state index contributed by atoms with van der Waals surface area (Å²) in [6.07, 6.45) is 3.96. The lowest BCUT2D eigenvalue weighted by Gasteiger charge is -2.37. The molecular formula is C14H25N3O. The minimum atomic E-state index is 0.590. The topological polar surface area (TPSA) is 51.0 Å². The summed E-state index contributed by atoms with van der Waals surface area (Å²) in [7, 11) is 0. The molecule has 3 unspecified atom stereocenters. The number of hydrogen-bond acceptors (Lipinski definition) is 4. The molecule has 18 heavy (non-hydrogen) atoms. The van der Waals surface area contributed by atoms with Crippen molar-refractivity contribution in [3.05, 3.63) is 11.7 Å². The van der Waals surface area contributed by atoms with Crippen LogP contribution in [-0.4, -0.2) is 16.2 Å². The van der Waals surface area contributed by atoms with Crippen molar-refractivity contribution in [3.8, 4) is 0 Å². The molecule has 1 fully saturated rings. The Bertz CT molecular complexity index is 375. The Morgan fingerprint density at radius 2 is 2.17 bits per heavy atom. The highest BCUT2D eigenvalue weighted by Gasteiger charge is 2.30. The lowest BCUT2D eigenvalue weighted by Crippen LogP contribution is -2.42. The highest BCUT2D eigenvalue weighted by atomic mass is 16.5. The van der Waals surface area contributed by atoms with Gasteiger partial charge in [0, 0.05) is 13.0 Å². The van der Waals surface area contributed by atoms with Crippen LogP contribution in [0, 0.1) is 24.7 Å². The van der Waals surface area contributed by atoms with Gasteiger partial charge in [0.25, 0.3) is 0 Å². The molecule has 0 bridgehead atoms. The summed E-state index contributed by atoms with van der Waals surface area (Å²) in [5.41, 5.74) is 0. The van der Waals surface area contributed by atoms with E-state index in [9.17, 15) is 0 Å². The number of nitrogens with zero attached hydrogens (tertiary/aromatic N) is 2. The van der Waals surface area contributed by atoms with Gasteiger partial charge in [0.15, 0.2) is 5.82 Å². The van der Waals surface area contributed by atoms with E-state index in [4.69, 9.17) is 4.52 Å². The molecule has 0 aromatic carbocycles. The van der Waals surface area contributed by atoms with E-state index in [0.717, 1.165) is 30.1 Å². The van der Waals surface area contributed by atoms with Gasteiger partial charge in [-0.3, -0.25) is 0 Å². The average Bonchev–Trinajstić information content (AvgIpc) is 2.72. The van der Waals surface area contributed by atoms with Crippen LogP contribution in [0.3, 0.4) is 0 Å².